The highest BCUT2D eigenvalue weighted by atomic mass is 35.5. The monoisotopic (exact) mass is 318 g/mol. The summed E-state index contributed by atoms with van der Waals surface area (Å²) in [5, 5.41) is 0.834. The number of unbranched alkanes of at least 4 members (excludes halogenated alkanes) is 2. The summed E-state index contributed by atoms with van der Waals surface area (Å²) in [7, 11) is 0. The Kier molecular flexibility index (Phi) is 7.52. The second-order valence-corrected chi connectivity index (χ2v) is 7.40. The van der Waals surface area contributed by atoms with E-state index in [1.807, 2.05) is 12.1 Å². The van der Waals surface area contributed by atoms with Crippen molar-refractivity contribution in [3.8, 4) is 0 Å². The predicted octanol–water partition coefficient (Wildman–Crippen LogP) is 7.39. The highest BCUT2D eigenvalue weighted by Crippen LogP contribution is 2.41. The summed E-state index contributed by atoms with van der Waals surface area (Å²) in [6.07, 6.45) is 14.4. The van der Waals surface area contributed by atoms with Gasteiger partial charge in [0.15, 0.2) is 0 Å². The standard InChI is InChI=1S/C21H31Cl/c1-3-5-6-8-17-9-11-18(12-10-17)21(7-4-2)19-13-15-20(22)16-14-19/h4,13-18,21H,2-3,5-12H2,1H3. The molecule has 0 N–H and O–H groups in total. The average molecular weight is 319 g/mol. The summed E-state index contributed by atoms with van der Waals surface area (Å²) in [6.45, 7) is 6.27. The first kappa shape index (κ1) is 17.6. The number of benzene rings is 1. The predicted molar refractivity (Wildman–Crippen MR) is 98.6 cm³/mol. The normalized spacial score (nSPS) is 23.2. The van der Waals surface area contributed by atoms with Crippen LogP contribution in [-0.4, -0.2) is 0 Å². The van der Waals surface area contributed by atoms with Gasteiger partial charge >= 0.3 is 0 Å². The summed E-state index contributed by atoms with van der Waals surface area (Å²) in [5.41, 5.74) is 1.44. The maximum Gasteiger partial charge on any atom is 0.0406 e. The van der Waals surface area contributed by atoms with Gasteiger partial charge in [0.05, 0.1) is 0 Å². The van der Waals surface area contributed by atoms with Gasteiger partial charge in [-0.15, -0.1) is 6.58 Å². The van der Waals surface area contributed by atoms with Crippen molar-refractivity contribution >= 4 is 11.6 Å². The van der Waals surface area contributed by atoms with E-state index < -0.39 is 0 Å². The first-order valence-electron chi connectivity index (χ1n) is 9.11. The van der Waals surface area contributed by atoms with E-state index in [1.165, 1.54) is 56.9 Å². The summed E-state index contributed by atoms with van der Waals surface area (Å²) < 4.78 is 0. The third-order valence-electron chi connectivity index (χ3n) is 5.40. The van der Waals surface area contributed by atoms with Crippen molar-refractivity contribution in [1.82, 2.24) is 0 Å². The summed E-state index contributed by atoms with van der Waals surface area (Å²) in [5.74, 6) is 2.44. The Labute approximate surface area is 142 Å². The van der Waals surface area contributed by atoms with Crippen molar-refractivity contribution in [3.63, 3.8) is 0 Å². The average Bonchev–Trinajstić information content (AvgIpc) is 2.55. The van der Waals surface area contributed by atoms with Gasteiger partial charge in [0.25, 0.3) is 0 Å². The molecule has 1 unspecified atom stereocenters. The summed E-state index contributed by atoms with van der Waals surface area (Å²) in [6, 6.07) is 8.49. The molecule has 0 amide bonds. The van der Waals surface area contributed by atoms with Gasteiger partial charge in [-0.1, -0.05) is 75.3 Å². The van der Waals surface area contributed by atoms with Crippen LogP contribution in [0, 0.1) is 11.8 Å². The van der Waals surface area contributed by atoms with Crippen LogP contribution in [0.5, 0.6) is 0 Å². The molecule has 122 valence electrons. The van der Waals surface area contributed by atoms with Crippen molar-refractivity contribution in [3.05, 3.63) is 47.5 Å². The molecule has 1 saturated carbocycles. The van der Waals surface area contributed by atoms with Crippen molar-refractivity contribution in [2.45, 2.75) is 70.6 Å². The van der Waals surface area contributed by atoms with Crippen molar-refractivity contribution in [2.24, 2.45) is 11.8 Å². The molecule has 0 heterocycles. The van der Waals surface area contributed by atoms with Crippen LogP contribution in [-0.2, 0) is 0 Å². The molecular weight excluding hydrogens is 288 g/mol. The molecule has 0 nitrogen and oxygen atoms in total. The second-order valence-electron chi connectivity index (χ2n) is 6.96. The van der Waals surface area contributed by atoms with Crippen LogP contribution in [0.15, 0.2) is 36.9 Å². The minimum atomic E-state index is 0.631. The minimum Gasteiger partial charge on any atom is -0.103 e. The Morgan fingerprint density at radius 3 is 2.41 bits per heavy atom. The Morgan fingerprint density at radius 1 is 1.14 bits per heavy atom. The number of allylic oxidation sites excluding steroid dienone is 1. The van der Waals surface area contributed by atoms with Gasteiger partial charge < -0.3 is 0 Å². The minimum absolute atomic E-state index is 0.631. The molecule has 0 aliphatic heterocycles. The van der Waals surface area contributed by atoms with E-state index in [-0.39, 0.29) is 0 Å². The molecule has 1 atom stereocenters. The van der Waals surface area contributed by atoms with Gasteiger partial charge in [-0.25, -0.2) is 0 Å². The van der Waals surface area contributed by atoms with E-state index in [1.54, 1.807) is 0 Å². The molecule has 1 fully saturated rings. The zero-order valence-corrected chi connectivity index (χ0v) is 14.8. The van der Waals surface area contributed by atoms with Crippen molar-refractivity contribution < 1.29 is 0 Å². The molecule has 1 aliphatic rings. The van der Waals surface area contributed by atoms with Gasteiger partial charge in [0.2, 0.25) is 0 Å². The van der Waals surface area contributed by atoms with Crippen LogP contribution < -0.4 is 0 Å². The van der Waals surface area contributed by atoms with Crippen LogP contribution in [0.4, 0.5) is 0 Å². The van der Waals surface area contributed by atoms with Gasteiger partial charge in [-0.05, 0) is 54.7 Å². The molecule has 0 radical (unpaired) electrons. The topological polar surface area (TPSA) is 0 Å². The molecule has 1 aromatic rings. The number of hydrogen-bond donors (Lipinski definition) is 0. The lowest BCUT2D eigenvalue weighted by Gasteiger charge is -2.34. The van der Waals surface area contributed by atoms with Gasteiger partial charge in [0.1, 0.15) is 0 Å². The molecule has 0 saturated heterocycles. The van der Waals surface area contributed by atoms with Gasteiger partial charge in [0, 0.05) is 5.02 Å². The summed E-state index contributed by atoms with van der Waals surface area (Å²) >= 11 is 6.04. The van der Waals surface area contributed by atoms with Crippen LogP contribution in [0.25, 0.3) is 0 Å². The molecule has 22 heavy (non-hydrogen) atoms. The molecule has 0 spiro atoms. The molecule has 0 aromatic heterocycles. The first-order chi connectivity index (χ1) is 10.7. The maximum absolute atomic E-state index is 6.04. The zero-order valence-electron chi connectivity index (χ0n) is 14.1. The molecular formula is C21H31Cl. The lowest BCUT2D eigenvalue weighted by molar-refractivity contribution is 0.230. The van der Waals surface area contributed by atoms with E-state index in [4.69, 9.17) is 11.6 Å². The SMILES string of the molecule is C=CCC(c1ccc(Cl)cc1)C1CCC(CCCCC)CC1. The zero-order chi connectivity index (χ0) is 15.8. The number of hydrogen-bond acceptors (Lipinski definition) is 0. The molecule has 0 bridgehead atoms. The molecule has 1 aromatic carbocycles. The fourth-order valence-corrected chi connectivity index (χ4v) is 4.18. The fourth-order valence-electron chi connectivity index (χ4n) is 4.05. The highest BCUT2D eigenvalue weighted by molar-refractivity contribution is 6.30. The number of halogens is 1. The lowest BCUT2D eigenvalue weighted by atomic mass is 9.71. The largest absolute Gasteiger partial charge is 0.103 e. The Balaban J connectivity index is 1.91. The summed E-state index contributed by atoms with van der Waals surface area (Å²) in [4.78, 5) is 0. The molecule has 2 rings (SSSR count). The highest BCUT2D eigenvalue weighted by Gasteiger charge is 2.27. The second kappa shape index (κ2) is 9.40. The molecule has 1 aliphatic carbocycles. The number of rotatable bonds is 8. The third-order valence-corrected chi connectivity index (χ3v) is 5.65. The fraction of sp³-hybridized carbons (Fsp3) is 0.619. The smallest absolute Gasteiger partial charge is 0.0406 e. The first-order valence-corrected chi connectivity index (χ1v) is 9.48. The lowest BCUT2D eigenvalue weighted by Crippen LogP contribution is -2.20. The van der Waals surface area contributed by atoms with Gasteiger partial charge in [-0.2, -0.15) is 0 Å². The van der Waals surface area contributed by atoms with E-state index in [2.05, 4.69) is 31.7 Å². The molecule has 1 heteroatoms. The van der Waals surface area contributed by atoms with Crippen LogP contribution >= 0.6 is 11.6 Å². The van der Waals surface area contributed by atoms with E-state index in [0.29, 0.717) is 5.92 Å². The Morgan fingerprint density at radius 2 is 1.82 bits per heavy atom. The van der Waals surface area contributed by atoms with E-state index in [0.717, 1.165) is 23.3 Å². The van der Waals surface area contributed by atoms with Crippen LogP contribution in [0.3, 0.4) is 0 Å². The van der Waals surface area contributed by atoms with Gasteiger partial charge in [-0.3, -0.25) is 0 Å². The van der Waals surface area contributed by atoms with Crippen LogP contribution in [0.1, 0.15) is 76.2 Å². The van der Waals surface area contributed by atoms with E-state index in [9.17, 15) is 0 Å². The Bertz CT molecular complexity index is 426. The maximum atomic E-state index is 6.04. The third kappa shape index (κ3) is 5.16. The Hall–Kier alpha value is -0.750. The quantitative estimate of drug-likeness (QED) is 0.346. The van der Waals surface area contributed by atoms with Crippen molar-refractivity contribution in [2.75, 3.05) is 0 Å². The van der Waals surface area contributed by atoms with Crippen LogP contribution in [0.2, 0.25) is 5.02 Å². The van der Waals surface area contributed by atoms with Crippen molar-refractivity contribution in [1.29, 1.82) is 0 Å². The van der Waals surface area contributed by atoms with E-state index >= 15 is 0 Å².